The first-order chi connectivity index (χ1) is 14.5. The van der Waals surface area contributed by atoms with Crippen molar-refractivity contribution in [3.63, 3.8) is 0 Å². The fourth-order valence-electron chi connectivity index (χ4n) is 3.46. The Morgan fingerprint density at radius 3 is 2.33 bits per heavy atom. The molecule has 2 amide bonds. The van der Waals surface area contributed by atoms with Gasteiger partial charge in [0.2, 0.25) is 0 Å². The molecule has 2 aromatic rings. The van der Waals surface area contributed by atoms with Crippen molar-refractivity contribution in [1.29, 1.82) is 0 Å². The van der Waals surface area contributed by atoms with Gasteiger partial charge in [-0.2, -0.15) is 0 Å². The summed E-state index contributed by atoms with van der Waals surface area (Å²) in [6, 6.07) is 13.6. The highest BCUT2D eigenvalue weighted by Crippen LogP contribution is 2.26. The summed E-state index contributed by atoms with van der Waals surface area (Å²) in [6.07, 6.45) is 8.06. The number of anilines is 2. The number of rotatable bonds is 10. The number of carbonyl (C=O) groups excluding carboxylic acids is 2. The number of carbonyl (C=O) groups is 2. The van der Waals surface area contributed by atoms with Gasteiger partial charge in [-0.15, -0.1) is 0 Å². The first-order valence-corrected chi connectivity index (χ1v) is 11.0. The molecule has 30 heavy (non-hydrogen) atoms. The molecule has 0 heterocycles. The van der Waals surface area contributed by atoms with Gasteiger partial charge in [-0.3, -0.25) is 9.59 Å². The Morgan fingerprint density at radius 2 is 1.70 bits per heavy atom. The molecule has 0 radical (unpaired) electrons. The van der Waals surface area contributed by atoms with Crippen molar-refractivity contribution in [2.75, 3.05) is 24.3 Å². The standard InChI is InChI=1S/C25H33N3O2/c1-4-5-6-7-8-18-9-11-19(12-10-18)24(29)27-21-15-16-23(28(2)3)22(17-21)25(30)26-20-13-14-20/h9-12,15-17,20H,4-8,13-14H2,1-3H3,(H,26,30)(H,27,29). The van der Waals surface area contributed by atoms with E-state index in [2.05, 4.69) is 17.6 Å². The molecular formula is C25H33N3O2. The van der Waals surface area contributed by atoms with Crippen molar-refractivity contribution in [3.8, 4) is 0 Å². The molecular weight excluding hydrogens is 374 g/mol. The van der Waals surface area contributed by atoms with Crippen LogP contribution in [0.25, 0.3) is 0 Å². The largest absolute Gasteiger partial charge is 0.377 e. The zero-order chi connectivity index (χ0) is 21.5. The highest BCUT2D eigenvalue weighted by Gasteiger charge is 2.25. The first-order valence-electron chi connectivity index (χ1n) is 11.0. The Bertz CT molecular complexity index is 870. The molecule has 2 aromatic carbocycles. The number of amides is 2. The van der Waals surface area contributed by atoms with E-state index in [9.17, 15) is 9.59 Å². The van der Waals surface area contributed by atoms with Gasteiger partial charge in [0.15, 0.2) is 0 Å². The van der Waals surface area contributed by atoms with Crippen LogP contribution in [-0.4, -0.2) is 32.0 Å². The fraction of sp³-hybridized carbons (Fsp3) is 0.440. The molecule has 160 valence electrons. The van der Waals surface area contributed by atoms with E-state index >= 15 is 0 Å². The summed E-state index contributed by atoms with van der Waals surface area (Å²) in [5.41, 5.74) is 3.91. The number of nitrogens with one attached hydrogen (secondary N) is 2. The molecule has 1 aliphatic rings. The van der Waals surface area contributed by atoms with Crippen LogP contribution in [0.15, 0.2) is 42.5 Å². The van der Waals surface area contributed by atoms with Gasteiger partial charge in [-0.25, -0.2) is 0 Å². The van der Waals surface area contributed by atoms with Crippen LogP contribution in [0.1, 0.15) is 71.7 Å². The van der Waals surface area contributed by atoms with Crippen molar-refractivity contribution in [1.82, 2.24) is 5.32 Å². The summed E-state index contributed by atoms with van der Waals surface area (Å²) < 4.78 is 0. The number of nitrogens with zero attached hydrogens (tertiary/aromatic N) is 1. The smallest absolute Gasteiger partial charge is 0.255 e. The van der Waals surface area contributed by atoms with E-state index < -0.39 is 0 Å². The summed E-state index contributed by atoms with van der Waals surface area (Å²) in [4.78, 5) is 27.2. The van der Waals surface area contributed by atoms with Gasteiger partial charge in [-0.1, -0.05) is 38.3 Å². The van der Waals surface area contributed by atoms with E-state index in [-0.39, 0.29) is 17.9 Å². The lowest BCUT2D eigenvalue weighted by Gasteiger charge is -2.18. The monoisotopic (exact) mass is 407 g/mol. The topological polar surface area (TPSA) is 61.4 Å². The van der Waals surface area contributed by atoms with Gasteiger partial charge in [0.1, 0.15) is 0 Å². The van der Waals surface area contributed by atoms with Gasteiger partial charge in [-0.05, 0) is 61.6 Å². The minimum atomic E-state index is -0.168. The fourth-order valence-corrected chi connectivity index (χ4v) is 3.46. The molecule has 0 spiro atoms. The van der Waals surface area contributed by atoms with Crippen molar-refractivity contribution >= 4 is 23.2 Å². The van der Waals surface area contributed by atoms with Crippen molar-refractivity contribution < 1.29 is 9.59 Å². The SMILES string of the molecule is CCCCCCc1ccc(C(=O)Nc2ccc(N(C)C)c(C(=O)NC3CC3)c2)cc1. The second kappa shape index (κ2) is 10.3. The summed E-state index contributed by atoms with van der Waals surface area (Å²) in [6.45, 7) is 2.21. The average molecular weight is 408 g/mol. The number of hydrogen-bond acceptors (Lipinski definition) is 3. The van der Waals surface area contributed by atoms with E-state index in [0.29, 0.717) is 16.8 Å². The highest BCUT2D eigenvalue weighted by molar-refractivity contribution is 6.06. The van der Waals surface area contributed by atoms with E-state index in [1.54, 1.807) is 6.07 Å². The molecule has 0 saturated heterocycles. The van der Waals surface area contributed by atoms with Crippen LogP contribution in [-0.2, 0) is 6.42 Å². The normalized spacial score (nSPS) is 13.0. The predicted octanol–water partition coefficient (Wildman–Crippen LogP) is 5.02. The molecule has 2 N–H and O–H groups in total. The molecule has 1 saturated carbocycles. The maximum absolute atomic E-state index is 12.7. The molecule has 3 rings (SSSR count). The van der Waals surface area contributed by atoms with Crippen molar-refractivity contribution in [2.24, 2.45) is 0 Å². The molecule has 0 bridgehead atoms. The van der Waals surface area contributed by atoms with Crippen LogP contribution in [0.3, 0.4) is 0 Å². The highest BCUT2D eigenvalue weighted by atomic mass is 16.2. The summed E-state index contributed by atoms with van der Waals surface area (Å²) >= 11 is 0. The Labute approximate surface area is 179 Å². The molecule has 0 unspecified atom stereocenters. The molecule has 1 fully saturated rings. The Kier molecular flexibility index (Phi) is 7.50. The number of benzene rings is 2. The molecule has 5 nitrogen and oxygen atoms in total. The summed E-state index contributed by atoms with van der Waals surface area (Å²) in [7, 11) is 3.82. The lowest BCUT2D eigenvalue weighted by molar-refractivity contribution is 0.0950. The Morgan fingerprint density at radius 1 is 0.967 bits per heavy atom. The quantitative estimate of drug-likeness (QED) is 0.544. The van der Waals surface area contributed by atoms with E-state index in [1.165, 1.54) is 31.2 Å². The van der Waals surface area contributed by atoms with Gasteiger partial charge in [0.25, 0.3) is 11.8 Å². The lowest BCUT2D eigenvalue weighted by atomic mass is 10.0. The molecule has 1 aliphatic carbocycles. The predicted molar refractivity (Wildman–Crippen MR) is 123 cm³/mol. The third-order valence-corrected chi connectivity index (χ3v) is 5.43. The zero-order valence-corrected chi connectivity index (χ0v) is 18.3. The van der Waals surface area contributed by atoms with Crippen LogP contribution in [0.2, 0.25) is 0 Å². The zero-order valence-electron chi connectivity index (χ0n) is 18.3. The number of aryl methyl sites for hydroxylation is 1. The van der Waals surface area contributed by atoms with Gasteiger partial charge in [0, 0.05) is 37.1 Å². The maximum atomic E-state index is 12.7. The molecule has 5 heteroatoms. The minimum absolute atomic E-state index is 0.0928. The van der Waals surface area contributed by atoms with Gasteiger partial charge in [0.05, 0.1) is 5.56 Å². The Hall–Kier alpha value is -2.82. The van der Waals surface area contributed by atoms with Crippen LogP contribution >= 0.6 is 0 Å². The Balaban J connectivity index is 1.66. The van der Waals surface area contributed by atoms with Crippen molar-refractivity contribution in [3.05, 3.63) is 59.2 Å². The maximum Gasteiger partial charge on any atom is 0.255 e. The van der Waals surface area contributed by atoms with Gasteiger partial charge >= 0.3 is 0 Å². The molecule has 0 atom stereocenters. The summed E-state index contributed by atoms with van der Waals surface area (Å²) in [5.74, 6) is -0.261. The molecule has 0 aliphatic heterocycles. The second-order valence-corrected chi connectivity index (χ2v) is 8.34. The molecule has 0 aromatic heterocycles. The van der Waals surface area contributed by atoms with Crippen molar-refractivity contribution in [2.45, 2.75) is 57.9 Å². The van der Waals surface area contributed by atoms with Crippen LogP contribution in [0.5, 0.6) is 0 Å². The third kappa shape index (κ3) is 6.09. The van der Waals surface area contributed by atoms with Crippen LogP contribution < -0.4 is 15.5 Å². The summed E-state index contributed by atoms with van der Waals surface area (Å²) in [5, 5.41) is 5.96. The van der Waals surface area contributed by atoms with E-state index in [0.717, 1.165) is 24.9 Å². The third-order valence-electron chi connectivity index (χ3n) is 5.43. The van der Waals surface area contributed by atoms with E-state index in [1.807, 2.05) is 55.4 Å². The van der Waals surface area contributed by atoms with Crippen LogP contribution in [0, 0.1) is 0 Å². The average Bonchev–Trinajstić information content (AvgIpc) is 3.55. The first kappa shape index (κ1) is 21.9. The van der Waals surface area contributed by atoms with Crippen LogP contribution in [0.4, 0.5) is 11.4 Å². The number of unbranched alkanes of at least 4 members (excludes halogenated alkanes) is 3. The number of hydrogen-bond donors (Lipinski definition) is 2. The van der Waals surface area contributed by atoms with E-state index in [4.69, 9.17) is 0 Å². The van der Waals surface area contributed by atoms with Gasteiger partial charge < -0.3 is 15.5 Å². The minimum Gasteiger partial charge on any atom is -0.377 e. The second-order valence-electron chi connectivity index (χ2n) is 8.34. The lowest BCUT2D eigenvalue weighted by Crippen LogP contribution is -2.27.